The third-order valence-corrected chi connectivity index (χ3v) is 2.47. The van der Waals surface area contributed by atoms with Gasteiger partial charge in [-0.15, -0.1) is 0 Å². The van der Waals surface area contributed by atoms with Crippen LogP contribution in [0.2, 0.25) is 0 Å². The fourth-order valence-corrected chi connectivity index (χ4v) is 1.81. The first-order valence-electron chi connectivity index (χ1n) is 5.00. The van der Waals surface area contributed by atoms with Crippen molar-refractivity contribution in [2.24, 2.45) is 0 Å². The Balaban J connectivity index is 2.34. The number of hydrogen-bond donors (Lipinski definition) is 1. The molecule has 0 radical (unpaired) electrons. The number of rotatable bonds is 2. The van der Waals surface area contributed by atoms with Gasteiger partial charge in [0.05, 0.1) is 0 Å². The normalized spacial score (nSPS) is 14.5. The van der Waals surface area contributed by atoms with Crippen molar-refractivity contribution in [1.29, 1.82) is 0 Å². The first-order chi connectivity index (χ1) is 7.27. The van der Waals surface area contributed by atoms with E-state index in [1.165, 1.54) is 5.56 Å². The highest BCUT2D eigenvalue weighted by Crippen LogP contribution is 2.24. The lowest BCUT2D eigenvalue weighted by Crippen LogP contribution is -2.24. The molecular formula is C12H13NO2. The van der Waals surface area contributed by atoms with E-state index in [-0.39, 0.29) is 6.54 Å². The van der Waals surface area contributed by atoms with Gasteiger partial charge in [0.1, 0.15) is 6.54 Å². The molecule has 15 heavy (non-hydrogen) atoms. The number of fused-ring (bicyclic) bond motifs is 1. The van der Waals surface area contributed by atoms with E-state index in [1.807, 2.05) is 30.5 Å². The molecule has 1 heterocycles. The van der Waals surface area contributed by atoms with Crippen LogP contribution >= 0.6 is 0 Å². The topological polar surface area (TPSA) is 40.5 Å². The zero-order valence-corrected chi connectivity index (χ0v) is 8.39. The number of anilines is 1. The smallest absolute Gasteiger partial charge is 0.323 e. The number of aliphatic carboxylic acids is 1. The summed E-state index contributed by atoms with van der Waals surface area (Å²) in [5.74, 6) is -0.809. The third-order valence-electron chi connectivity index (χ3n) is 2.47. The highest BCUT2D eigenvalue weighted by molar-refractivity contribution is 5.75. The van der Waals surface area contributed by atoms with Crippen LogP contribution in [0.3, 0.4) is 0 Å². The Kier molecular flexibility index (Phi) is 2.72. The van der Waals surface area contributed by atoms with Crippen LogP contribution < -0.4 is 4.90 Å². The van der Waals surface area contributed by atoms with Gasteiger partial charge in [0.15, 0.2) is 0 Å². The summed E-state index contributed by atoms with van der Waals surface area (Å²) >= 11 is 0. The lowest BCUT2D eigenvalue weighted by atomic mass is 10.1. The molecule has 1 N–H and O–H groups in total. The quantitative estimate of drug-likeness (QED) is 0.799. The molecule has 0 saturated carbocycles. The first kappa shape index (κ1) is 9.77. The lowest BCUT2D eigenvalue weighted by molar-refractivity contribution is -0.135. The molecule has 1 aliphatic heterocycles. The van der Waals surface area contributed by atoms with Crippen LogP contribution in [0, 0.1) is 0 Å². The van der Waals surface area contributed by atoms with Crippen LogP contribution in [0.15, 0.2) is 36.5 Å². The van der Waals surface area contributed by atoms with E-state index in [4.69, 9.17) is 5.11 Å². The number of carbonyl (C=O) groups is 1. The van der Waals surface area contributed by atoms with E-state index in [2.05, 4.69) is 6.07 Å². The molecule has 3 nitrogen and oxygen atoms in total. The van der Waals surface area contributed by atoms with Crippen molar-refractivity contribution in [3.05, 3.63) is 42.1 Å². The second kappa shape index (κ2) is 4.17. The maximum atomic E-state index is 10.7. The number of hydrogen-bond acceptors (Lipinski definition) is 2. The fourth-order valence-electron chi connectivity index (χ4n) is 1.81. The van der Waals surface area contributed by atoms with Crippen LogP contribution in [-0.2, 0) is 11.2 Å². The summed E-state index contributed by atoms with van der Waals surface area (Å²) in [6, 6.07) is 7.95. The van der Waals surface area contributed by atoms with Gasteiger partial charge >= 0.3 is 5.97 Å². The van der Waals surface area contributed by atoms with Crippen molar-refractivity contribution >= 4 is 11.7 Å². The van der Waals surface area contributed by atoms with E-state index in [1.54, 1.807) is 4.90 Å². The van der Waals surface area contributed by atoms with Gasteiger partial charge in [-0.25, -0.2) is 0 Å². The van der Waals surface area contributed by atoms with Crippen molar-refractivity contribution in [3.63, 3.8) is 0 Å². The number of allylic oxidation sites excluding steroid dienone is 1. The Morgan fingerprint density at radius 1 is 1.40 bits per heavy atom. The maximum Gasteiger partial charge on any atom is 0.323 e. The molecule has 0 aromatic heterocycles. The van der Waals surface area contributed by atoms with Gasteiger partial charge in [-0.1, -0.05) is 24.3 Å². The Hall–Kier alpha value is -1.77. The molecule has 1 aliphatic rings. The molecule has 2 rings (SSSR count). The summed E-state index contributed by atoms with van der Waals surface area (Å²) in [6.45, 7) is 0.0213. The minimum Gasteiger partial charge on any atom is -0.480 e. The Morgan fingerprint density at radius 2 is 2.20 bits per heavy atom. The minimum atomic E-state index is -0.809. The highest BCUT2D eigenvalue weighted by atomic mass is 16.4. The van der Waals surface area contributed by atoms with Crippen LogP contribution in [0.25, 0.3) is 0 Å². The number of nitrogens with zero attached hydrogens (tertiary/aromatic N) is 1. The van der Waals surface area contributed by atoms with E-state index in [0.717, 1.165) is 18.5 Å². The molecule has 1 aromatic carbocycles. The fraction of sp³-hybridized carbons (Fsp3) is 0.250. The molecule has 0 bridgehead atoms. The molecule has 1 aromatic rings. The number of para-hydroxylation sites is 1. The largest absolute Gasteiger partial charge is 0.480 e. The average Bonchev–Trinajstić information content (AvgIpc) is 2.41. The van der Waals surface area contributed by atoms with Crippen molar-refractivity contribution in [2.45, 2.75) is 12.8 Å². The summed E-state index contributed by atoms with van der Waals surface area (Å²) in [7, 11) is 0. The van der Waals surface area contributed by atoms with Gasteiger partial charge in [0, 0.05) is 11.9 Å². The maximum absolute atomic E-state index is 10.7. The van der Waals surface area contributed by atoms with E-state index < -0.39 is 5.97 Å². The molecule has 0 amide bonds. The number of carboxylic acids is 1. The molecule has 3 heteroatoms. The van der Waals surface area contributed by atoms with Crippen LogP contribution in [0.4, 0.5) is 5.69 Å². The summed E-state index contributed by atoms with van der Waals surface area (Å²) in [5, 5.41) is 8.81. The van der Waals surface area contributed by atoms with Gasteiger partial charge in [-0.3, -0.25) is 4.79 Å². The number of carboxylic acid groups (broad SMARTS) is 1. The monoisotopic (exact) mass is 203 g/mol. The summed E-state index contributed by atoms with van der Waals surface area (Å²) in [6.07, 6.45) is 5.82. The van der Waals surface area contributed by atoms with Gasteiger partial charge in [-0.2, -0.15) is 0 Å². The number of aryl methyl sites for hydroxylation is 1. The van der Waals surface area contributed by atoms with E-state index in [0.29, 0.717) is 0 Å². The summed E-state index contributed by atoms with van der Waals surface area (Å²) < 4.78 is 0. The molecule has 0 saturated heterocycles. The molecule has 78 valence electrons. The number of benzene rings is 1. The van der Waals surface area contributed by atoms with Gasteiger partial charge in [0.2, 0.25) is 0 Å². The Labute approximate surface area is 88.6 Å². The van der Waals surface area contributed by atoms with Crippen molar-refractivity contribution in [1.82, 2.24) is 0 Å². The predicted molar refractivity (Wildman–Crippen MR) is 58.9 cm³/mol. The average molecular weight is 203 g/mol. The zero-order valence-electron chi connectivity index (χ0n) is 8.39. The highest BCUT2D eigenvalue weighted by Gasteiger charge is 2.13. The van der Waals surface area contributed by atoms with Gasteiger partial charge in [0.25, 0.3) is 0 Å². The second-order valence-electron chi connectivity index (χ2n) is 3.57. The van der Waals surface area contributed by atoms with Crippen molar-refractivity contribution in [3.8, 4) is 0 Å². The first-order valence-corrected chi connectivity index (χ1v) is 5.00. The SMILES string of the molecule is O=C(O)CN1C=CCCc2ccccc21. The molecule has 0 unspecified atom stereocenters. The van der Waals surface area contributed by atoms with Crippen molar-refractivity contribution < 1.29 is 9.90 Å². The second-order valence-corrected chi connectivity index (χ2v) is 3.57. The molecule has 0 aliphatic carbocycles. The van der Waals surface area contributed by atoms with Gasteiger partial charge in [-0.05, 0) is 24.5 Å². The van der Waals surface area contributed by atoms with Gasteiger partial charge < -0.3 is 10.0 Å². The Bertz CT molecular complexity index is 398. The molecule has 0 spiro atoms. The van der Waals surface area contributed by atoms with Crippen molar-refractivity contribution in [2.75, 3.05) is 11.4 Å². The molecule has 0 atom stereocenters. The Morgan fingerprint density at radius 3 is 3.00 bits per heavy atom. The molecular weight excluding hydrogens is 190 g/mol. The zero-order chi connectivity index (χ0) is 10.7. The molecule has 0 fully saturated rings. The summed E-state index contributed by atoms with van der Waals surface area (Å²) in [4.78, 5) is 12.5. The summed E-state index contributed by atoms with van der Waals surface area (Å²) in [5.41, 5.74) is 2.22. The predicted octanol–water partition coefficient (Wildman–Crippen LogP) is 2.04. The lowest BCUT2D eigenvalue weighted by Gasteiger charge is -2.19. The van der Waals surface area contributed by atoms with Crippen LogP contribution in [-0.4, -0.2) is 17.6 Å². The third kappa shape index (κ3) is 2.18. The van der Waals surface area contributed by atoms with Crippen LogP contribution in [0.5, 0.6) is 0 Å². The van der Waals surface area contributed by atoms with E-state index >= 15 is 0 Å². The minimum absolute atomic E-state index is 0.0213. The van der Waals surface area contributed by atoms with Crippen LogP contribution in [0.1, 0.15) is 12.0 Å². The standard InChI is InChI=1S/C12H13NO2/c14-12(15)9-13-8-4-3-6-10-5-1-2-7-11(10)13/h1-2,4-5,7-8H,3,6,9H2,(H,14,15). The van der Waals surface area contributed by atoms with E-state index in [9.17, 15) is 4.79 Å².